The predicted molar refractivity (Wildman–Crippen MR) is 93.4 cm³/mol. The molecule has 0 radical (unpaired) electrons. The van der Waals surface area contributed by atoms with E-state index in [-0.39, 0.29) is 5.91 Å². The van der Waals surface area contributed by atoms with Crippen molar-refractivity contribution in [3.63, 3.8) is 0 Å². The number of carbonyl (C=O) groups is 1. The van der Waals surface area contributed by atoms with E-state index in [1.54, 1.807) is 16.8 Å². The molecule has 6 rings (SSSR count). The van der Waals surface area contributed by atoms with E-state index >= 15 is 0 Å². The van der Waals surface area contributed by atoms with Crippen LogP contribution >= 0.6 is 0 Å². The molecule has 4 fully saturated rings. The van der Waals surface area contributed by atoms with Gasteiger partial charge in [-0.1, -0.05) is 0 Å². The van der Waals surface area contributed by atoms with Crippen LogP contribution in [0.2, 0.25) is 0 Å². The van der Waals surface area contributed by atoms with E-state index in [1.165, 1.54) is 32.5 Å². The molecule has 25 heavy (non-hydrogen) atoms. The van der Waals surface area contributed by atoms with Crippen LogP contribution in [0, 0.1) is 5.92 Å². The number of nitrogens with zero attached hydrogens (tertiary/aromatic N) is 6. The van der Waals surface area contributed by atoms with Crippen molar-refractivity contribution in [2.24, 2.45) is 5.92 Å². The minimum atomic E-state index is 0.0269. The number of carbonyl (C=O) groups excluding carboxylic acids is 1. The maximum Gasteiger partial charge on any atom is 0.274 e. The molecule has 0 saturated carbocycles. The summed E-state index contributed by atoms with van der Waals surface area (Å²) in [5.74, 6) is 1.47. The molecule has 0 spiro atoms. The van der Waals surface area contributed by atoms with Crippen LogP contribution < -0.4 is 0 Å². The van der Waals surface area contributed by atoms with Gasteiger partial charge in [0.05, 0.1) is 0 Å². The van der Waals surface area contributed by atoms with Gasteiger partial charge in [0.15, 0.2) is 0 Å². The van der Waals surface area contributed by atoms with Gasteiger partial charge in [-0.25, -0.2) is 9.97 Å². The summed E-state index contributed by atoms with van der Waals surface area (Å²) in [5, 5.41) is 0. The lowest BCUT2D eigenvalue weighted by Crippen LogP contribution is -2.61. The number of hydrogen-bond acceptors (Lipinski definition) is 5. The van der Waals surface area contributed by atoms with E-state index < -0.39 is 0 Å². The zero-order chi connectivity index (χ0) is 16.8. The molecule has 2 aromatic rings. The zero-order valence-electron chi connectivity index (χ0n) is 14.4. The Bertz CT molecular complexity index is 740. The van der Waals surface area contributed by atoms with Crippen LogP contribution in [0.1, 0.15) is 23.3 Å². The van der Waals surface area contributed by atoms with Gasteiger partial charge in [-0.15, -0.1) is 0 Å². The van der Waals surface area contributed by atoms with E-state index in [2.05, 4.69) is 19.8 Å². The van der Waals surface area contributed by atoms with Gasteiger partial charge in [0.1, 0.15) is 5.69 Å². The molecule has 1 amide bonds. The van der Waals surface area contributed by atoms with Gasteiger partial charge in [0, 0.05) is 57.4 Å². The van der Waals surface area contributed by atoms with Crippen LogP contribution in [0.3, 0.4) is 0 Å². The lowest BCUT2D eigenvalue weighted by molar-refractivity contribution is -0.0131. The van der Waals surface area contributed by atoms with Crippen LogP contribution in [-0.2, 0) is 0 Å². The van der Waals surface area contributed by atoms with Gasteiger partial charge in [-0.05, 0) is 37.9 Å². The highest BCUT2D eigenvalue weighted by Crippen LogP contribution is 2.31. The van der Waals surface area contributed by atoms with Crippen LogP contribution in [0.15, 0.2) is 24.7 Å². The van der Waals surface area contributed by atoms with Crippen LogP contribution in [0.4, 0.5) is 0 Å². The normalized spacial score (nSPS) is 30.1. The lowest BCUT2D eigenvalue weighted by Gasteiger charge is -2.50. The highest BCUT2D eigenvalue weighted by molar-refractivity contribution is 5.92. The third kappa shape index (κ3) is 2.71. The Labute approximate surface area is 147 Å². The van der Waals surface area contributed by atoms with Gasteiger partial charge in [-0.2, -0.15) is 0 Å². The molecular weight excluding hydrogens is 316 g/mol. The quantitative estimate of drug-likeness (QED) is 0.801. The van der Waals surface area contributed by atoms with Gasteiger partial charge >= 0.3 is 0 Å². The Hall–Kier alpha value is -1.99. The van der Waals surface area contributed by atoms with Gasteiger partial charge < -0.3 is 9.80 Å². The summed E-state index contributed by atoms with van der Waals surface area (Å²) in [4.78, 5) is 28.5. The van der Waals surface area contributed by atoms with Gasteiger partial charge in [0.25, 0.3) is 5.91 Å². The molecule has 4 aliphatic rings. The second-order valence-corrected chi connectivity index (χ2v) is 7.49. The van der Waals surface area contributed by atoms with Gasteiger partial charge in [-0.3, -0.25) is 14.1 Å². The molecule has 6 heterocycles. The maximum atomic E-state index is 12.8. The second kappa shape index (κ2) is 6.07. The Kier molecular flexibility index (Phi) is 3.71. The fourth-order valence-corrected chi connectivity index (χ4v) is 4.70. The highest BCUT2D eigenvalue weighted by atomic mass is 16.2. The molecule has 1 atom stereocenters. The van der Waals surface area contributed by atoms with Crippen molar-refractivity contribution >= 4 is 11.7 Å². The number of piperazine rings is 1. The van der Waals surface area contributed by atoms with Crippen molar-refractivity contribution < 1.29 is 4.79 Å². The van der Waals surface area contributed by atoms with E-state index in [9.17, 15) is 4.79 Å². The first kappa shape index (κ1) is 15.3. The van der Waals surface area contributed by atoms with E-state index in [1.807, 2.05) is 17.2 Å². The van der Waals surface area contributed by atoms with Crippen LogP contribution in [-0.4, -0.2) is 86.8 Å². The Morgan fingerprint density at radius 3 is 2.56 bits per heavy atom. The van der Waals surface area contributed by atoms with Crippen LogP contribution in [0.25, 0.3) is 5.78 Å². The number of amides is 1. The van der Waals surface area contributed by atoms with Crippen LogP contribution in [0.5, 0.6) is 0 Å². The molecule has 4 aliphatic heterocycles. The maximum absolute atomic E-state index is 12.8. The molecule has 132 valence electrons. The molecule has 0 unspecified atom stereocenters. The van der Waals surface area contributed by atoms with Crippen molar-refractivity contribution in [2.75, 3.05) is 45.8 Å². The van der Waals surface area contributed by atoms with Crippen molar-refractivity contribution in [3.05, 3.63) is 30.4 Å². The summed E-state index contributed by atoms with van der Waals surface area (Å²) in [6.07, 6.45) is 8.04. The summed E-state index contributed by atoms with van der Waals surface area (Å²) in [6.45, 7) is 7.32. The van der Waals surface area contributed by atoms with E-state index in [0.29, 0.717) is 17.5 Å². The molecule has 4 saturated heterocycles. The van der Waals surface area contributed by atoms with Crippen molar-refractivity contribution in [1.29, 1.82) is 0 Å². The van der Waals surface area contributed by atoms with Crippen molar-refractivity contribution in [2.45, 2.75) is 18.9 Å². The monoisotopic (exact) mass is 340 g/mol. The van der Waals surface area contributed by atoms with E-state index in [0.717, 1.165) is 32.1 Å². The fourth-order valence-electron chi connectivity index (χ4n) is 4.70. The SMILES string of the molecule is O=C(c1cn2cccnc2n1)N1CCN([C@@H]2CN3CCC2CC3)CC1. The average molecular weight is 340 g/mol. The van der Waals surface area contributed by atoms with Crippen molar-refractivity contribution in [1.82, 2.24) is 29.1 Å². The fraction of sp³-hybridized carbons (Fsp3) is 0.611. The first-order valence-corrected chi connectivity index (χ1v) is 9.33. The Morgan fingerprint density at radius 1 is 1.08 bits per heavy atom. The third-order valence-electron chi connectivity index (χ3n) is 6.15. The Balaban J connectivity index is 1.24. The molecule has 2 aromatic heterocycles. The highest BCUT2D eigenvalue weighted by Gasteiger charge is 2.38. The third-order valence-corrected chi connectivity index (χ3v) is 6.15. The largest absolute Gasteiger partial charge is 0.335 e. The molecular formula is C18H24N6O. The first-order chi connectivity index (χ1) is 12.3. The summed E-state index contributed by atoms with van der Waals surface area (Å²) in [6, 6.07) is 2.54. The number of imidazole rings is 1. The molecule has 7 nitrogen and oxygen atoms in total. The van der Waals surface area contributed by atoms with E-state index in [4.69, 9.17) is 0 Å². The summed E-state index contributed by atoms with van der Waals surface area (Å²) < 4.78 is 1.80. The number of hydrogen-bond donors (Lipinski definition) is 0. The van der Waals surface area contributed by atoms with Gasteiger partial charge in [0.2, 0.25) is 5.78 Å². The standard InChI is InChI=1S/C18H24N6O/c25-17(15-12-24-5-1-4-19-18(24)20-15)23-10-8-22(9-11-23)16-13-21-6-2-14(16)3-7-21/h1,4-5,12,14,16H,2-3,6-11,13H2/t16-/m1/s1. The average Bonchev–Trinajstić information content (AvgIpc) is 3.13. The summed E-state index contributed by atoms with van der Waals surface area (Å²) in [7, 11) is 0. The molecule has 7 heteroatoms. The molecule has 0 aliphatic carbocycles. The predicted octanol–water partition coefficient (Wildman–Crippen LogP) is 0.581. The molecule has 0 aromatic carbocycles. The first-order valence-electron chi connectivity index (χ1n) is 9.33. The molecule has 2 bridgehead atoms. The zero-order valence-corrected chi connectivity index (χ0v) is 14.4. The topological polar surface area (TPSA) is 57.0 Å². The number of piperidine rings is 3. The minimum Gasteiger partial charge on any atom is -0.335 e. The van der Waals surface area contributed by atoms with Crippen molar-refractivity contribution in [3.8, 4) is 0 Å². The minimum absolute atomic E-state index is 0.0269. The number of aromatic nitrogens is 3. The summed E-state index contributed by atoms with van der Waals surface area (Å²) in [5.41, 5.74) is 0.495. The second-order valence-electron chi connectivity index (χ2n) is 7.49. The summed E-state index contributed by atoms with van der Waals surface area (Å²) >= 11 is 0. The molecule has 0 N–H and O–H groups in total. The number of rotatable bonds is 2. The Morgan fingerprint density at radius 2 is 1.88 bits per heavy atom. The lowest BCUT2D eigenvalue weighted by atomic mass is 9.83. The number of fused-ring (bicyclic) bond motifs is 4. The smallest absolute Gasteiger partial charge is 0.274 e.